The van der Waals surface area contributed by atoms with Crippen molar-refractivity contribution in [1.82, 2.24) is 9.88 Å². The van der Waals surface area contributed by atoms with Crippen LogP contribution in [0.15, 0.2) is 24.4 Å². The van der Waals surface area contributed by atoms with Crippen molar-refractivity contribution in [2.75, 3.05) is 25.6 Å². The molecule has 2 heterocycles. The maximum absolute atomic E-state index is 12.3. The topological polar surface area (TPSA) is 63.7 Å². The zero-order valence-corrected chi connectivity index (χ0v) is 14.0. The second-order valence-corrected chi connectivity index (χ2v) is 6.66. The number of fused-ring (bicyclic) bond motifs is 1. The van der Waals surface area contributed by atoms with Crippen LogP contribution in [-0.4, -0.2) is 36.2 Å². The lowest BCUT2D eigenvalue weighted by atomic mass is 10.3. The molecule has 1 aliphatic rings. The Labute approximate surface area is 139 Å². The van der Waals surface area contributed by atoms with Crippen LogP contribution < -0.4 is 14.8 Å². The maximum Gasteiger partial charge on any atom is 0.321 e. The van der Waals surface area contributed by atoms with Crippen LogP contribution in [0.1, 0.15) is 16.3 Å². The Morgan fingerprint density at radius 1 is 1.35 bits per heavy atom. The molecule has 0 unspecified atom stereocenters. The highest BCUT2D eigenvalue weighted by Gasteiger charge is 2.14. The molecule has 7 heteroatoms. The van der Waals surface area contributed by atoms with Gasteiger partial charge in [0.05, 0.1) is 24.8 Å². The average Bonchev–Trinajstić information content (AvgIpc) is 2.80. The third-order valence-corrected chi connectivity index (χ3v) is 4.31. The smallest absolute Gasteiger partial charge is 0.321 e. The van der Waals surface area contributed by atoms with Crippen LogP contribution in [0, 0.1) is 6.92 Å². The van der Waals surface area contributed by atoms with Crippen molar-refractivity contribution in [2.24, 2.45) is 0 Å². The number of thiazole rings is 1. The molecule has 23 heavy (non-hydrogen) atoms. The van der Waals surface area contributed by atoms with Gasteiger partial charge in [-0.1, -0.05) is 0 Å². The summed E-state index contributed by atoms with van der Waals surface area (Å²) in [7, 11) is 1.76. The average molecular weight is 333 g/mol. The second kappa shape index (κ2) is 6.87. The van der Waals surface area contributed by atoms with Crippen LogP contribution in [0.3, 0.4) is 0 Å². The van der Waals surface area contributed by atoms with Gasteiger partial charge in [-0.3, -0.25) is 0 Å². The van der Waals surface area contributed by atoms with Crippen molar-refractivity contribution in [3.05, 3.63) is 34.3 Å². The minimum absolute atomic E-state index is 0.175. The number of anilines is 1. The minimum Gasteiger partial charge on any atom is -0.490 e. The molecule has 2 aromatic rings. The molecule has 2 amide bonds. The highest BCUT2D eigenvalue weighted by Crippen LogP contribution is 2.32. The SMILES string of the molecule is Cc1ncc(CN(C)C(=O)Nc2ccc3c(c2)OCCCO3)s1. The number of aromatic nitrogens is 1. The molecule has 0 fully saturated rings. The lowest BCUT2D eigenvalue weighted by molar-refractivity contribution is 0.221. The van der Waals surface area contributed by atoms with Crippen LogP contribution in [0.5, 0.6) is 11.5 Å². The molecule has 1 aliphatic heterocycles. The normalized spacial score (nSPS) is 13.3. The summed E-state index contributed by atoms with van der Waals surface area (Å²) in [6, 6.07) is 5.26. The number of benzene rings is 1. The van der Waals surface area contributed by atoms with Gasteiger partial charge < -0.3 is 19.7 Å². The summed E-state index contributed by atoms with van der Waals surface area (Å²) < 4.78 is 11.2. The molecule has 6 nitrogen and oxygen atoms in total. The Hall–Kier alpha value is -2.28. The Bertz CT molecular complexity index is 702. The molecule has 0 aliphatic carbocycles. The Balaban J connectivity index is 1.64. The number of hydrogen-bond acceptors (Lipinski definition) is 5. The van der Waals surface area contributed by atoms with Crippen molar-refractivity contribution in [2.45, 2.75) is 19.9 Å². The van der Waals surface area contributed by atoms with Crippen LogP contribution >= 0.6 is 11.3 Å². The van der Waals surface area contributed by atoms with Crippen LogP contribution in [-0.2, 0) is 6.54 Å². The highest BCUT2D eigenvalue weighted by molar-refractivity contribution is 7.11. The van der Waals surface area contributed by atoms with Gasteiger partial charge in [0, 0.05) is 36.3 Å². The van der Waals surface area contributed by atoms with Gasteiger partial charge in [0.2, 0.25) is 0 Å². The van der Waals surface area contributed by atoms with Gasteiger partial charge in [-0.15, -0.1) is 11.3 Å². The third-order valence-electron chi connectivity index (χ3n) is 3.41. The monoisotopic (exact) mass is 333 g/mol. The van der Waals surface area contributed by atoms with E-state index in [1.165, 1.54) is 0 Å². The van der Waals surface area contributed by atoms with Crippen LogP contribution in [0.2, 0.25) is 0 Å². The fourth-order valence-corrected chi connectivity index (χ4v) is 3.09. The molecule has 1 N–H and O–H groups in total. The minimum atomic E-state index is -0.175. The molecule has 0 saturated heterocycles. The van der Waals surface area contributed by atoms with Crippen LogP contribution in [0.4, 0.5) is 10.5 Å². The Morgan fingerprint density at radius 3 is 2.87 bits per heavy atom. The molecule has 0 bridgehead atoms. The summed E-state index contributed by atoms with van der Waals surface area (Å²) in [5.41, 5.74) is 0.687. The zero-order valence-electron chi connectivity index (χ0n) is 13.2. The summed E-state index contributed by atoms with van der Waals surface area (Å²) in [6.07, 6.45) is 2.66. The van der Waals surface area contributed by atoms with Crippen molar-refractivity contribution < 1.29 is 14.3 Å². The molecule has 122 valence electrons. The van der Waals surface area contributed by atoms with Gasteiger partial charge in [0.1, 0.15) is 0 Å². The molecule has 0 atom stereocenters. The van der Waals surface area contributed by atoms with Crippen molar-refractivity contribution in [3.8, 4) is 11.5 Å². The first-order valence-electron chi connectivity index (χ1n) is 7.45. The van der Waals surface area contributed by atoms with E-state index in [0.717, 1.165) is 16.3 Å². The summed E-state index contributed by atoms with van der Waals surface area (Å²) in [6.45, 7) is 3.75. The summed E-state index contributed by atoms with van der Waals surface area (Å²) in [5.74, 6) is 1.38. The van der Waals surface area contributed by atoms with Gasteiger partial charge in [0.15, 0.2) is 11.5 Å². The van der Waals surface area contributed by atoms with Crippen molar-refractivity contribution >= 4 is 23.1 Å². The molecule has 3 rings (SSSR count). The van der Waals surface area contributed by atoms with Gasteiger partial charge in [0.25, 0.3) is 0 Å². The third kappa shape index (κ3) is 3.92. The number of amides is 2. The predicted octanol–water partition coefficient (Wildman–Crippen LogP) is 3.28. The largest absolute Gasteiger partial charge is 0.490 e. The number of ether oxygens (including phenoxy) is 2. The summed E-state index contributed by atoms with van der Waals surface area (Å²) in [5, 5.41) is 3.87. The molecule has 1 aromatic heterocycles. The number of nitrogens with zero attached hydrogens (tertiary/aromatic N) is 2. The van der Waals surface area contributed by atoms with Gasteiger partial charge >= 0.3 is 6.03 Å². The predicted molar refractivity (Wildman–Crippen MR) is 89.4 cm³/mol. The molecule has 0 spiro atoms. The quantitative estimate of drug-likeness (QED) is 0.936. The lowest BCUT2D eigenvalue weighted by Crippen LogP contribution is -2.30. The number of carbonyl (C=O) groups is 1. The Morgan fingerprint density at radius 2 is 2.13 bits per heavy atom. The maximum atomic E-state index is 12.3. The number of aryl methyl sites for hydroxylation is 1. The first kappa shape index (κ1) is 15.6. The van der Waals surface area contributed by atoms with Gasteiger partial charge in [-0.25, -0.2) is 9.78 Å². The molecule has 0 radical (unpaired) electrons. The highest BCUT2D eigenvalue weighted by atomic mass is 32.1. The fourth-order valence-electron chi connectivity index (χ4n) is 2.24. The molecular weight excluding hydrogens is 314 g/mol. The second-order valence-electron chi connectivity index (χ2n) is 5.34. The van der Waals surface area contributed by atoms with E-state index in [2.05, 4.69) is 10.3 Å². The van der Waals surface area contributed by atoms with Gasteiger partial charge in [-0.05, 0) is 19.1 Å². The van der Waals surface area contributed by atoms with E-state index in [-0.39, 0.29) is 6.03 Å². The van der Waals surface area contributed by atoms with E-state index in [0.29, 0.717) is 36.9 Å². The lowest BCUT2D eigenvalue weighted by Gasteiger charge is -2.17. The van der Waals surface area contributed by atoms with E-state index in [9.17, 15) is 4.79 Å². The summed E-state index contributed by atoms with van der Waals surface area (Å²) >= 11 is 1.59. The van der Waals surface area contributed by atoms with Crippen molar-refractivity contribution in [3.63, 3.8) is 0 Å². The van der Waals surface area contributed by atoms with Crippen molar-refractivity contribution in [1.29, 1.82) is 0 Å². The molecule has 1 aromatic carbocycles. The number of hydrogen-bond donors (Lipinski definition) is 1. The summed E-state index contributed by atoms with van der Waals surface area (Å²) in [4.78, 5) is 19.2. The van der Waals surface area contributed by atoms with E-state index < -0.39 is 0 Å². The molecular formula is C16H19N3O3S. The molecule has 0 saturated carbocycles. The standard InChI is InChI=1S/C16H19N3O3S/c1-11-17-9-13(23-11)10-19(2)16(20)18-12-4-5-14-15(8-12)22-7-3-6-21-14/h4-5,8-9H,3,6-7,10H2,1-2H3,(H,18,20). The van der Waals surface area contributed by atoms with E-state index in [1.54, 1.807) is 35.5 Å². The van der Waals surface area contributed by atoms with E-state index >= 15 is 0 Å². The first-order valence-corrected chi connectivity index (χ1v) is 8.26. The van der Waals surface area contributed by atoms with Crippen LogP contribution in [0.25, 0.3) is 0 Å². The van der Waals surface area contributed by atoms with E-state index in [4.69, 9.17) is 9.47 Å². The number of nitrogens with one attached hydrogen (secondary N) is 1. The fraction of sp³-hybridized carbons (Fsp3) is 0.375. The first-order chi connectivity index (χ1) is 11.1. The van der Waals surface area contributed by atoms with Gasteiger partial charge in [-0.2, -0.15) is 0 Å². The van der Waals surface area contributed by atoms with E-state index in [1.807, 2.05) is 19.1 Å². The number of carbonyl (C=O) groups excluding carboxylic acids is 1. The zero-order chi connectivity index (χ0) is 16.2. The number of urea groups is 1. The number of rotatable bonds is 3. The Kier molecular flexibility index (Phi) is 4.66.